The second-order valence-corrected chi connectivity index (χ2v) is 8.42. The number of rotatable bonds is 6. The number of hydrogen-bond acceptors (Lipinski definition) is 8. The second kappa shape index (κ2) is 7.79. The van der Waals surface area contributed by atoms with Crippen molar-refractivity contribution in [2.24, 2.45) is 16.6 Å². The van der Waals surface area contributed by atoms with Crippen LogP contribution in [0.15, 0.2) is 35.6 Å². The first-order valence-electron chi connectivity index (χ1n) is 10.3. The first-order valence-corrected chi connectivity index (χ1v) is 10.3. The number of aliphatic imine (C=N–C) groups is 1. The monoisotopic (exact) mass is 481 g/mol. The predicted molar refractivity (Wildman–Crippen MR) is 109 cm³/mol. The van der Waals surface area contributed by atoms with Gasteiger partial charge in [0.15, 0.2) is 11.2 Å². The van der Waals surface area contributed by atoms with Crippen molar-refractivity contribution < 1.29 is 36.6 Å². The number of benzene rings is 1. The van der Waals surface area contributed by atoms with Gasteiger partial charge in [-0.2, -0.15) is 0 Å². The van der Waals surface area contributed by atoms with E-state index in [-0.39, 0.29) is 55.1 Å². The lowest BCUT2D eigenvalue weighted by molar-refractivity contribution is 0.00905. The molecule has 3 N–H and O–H groups in total. The molecule has 5 rings (SSSR count). The topological polar surface area (TPSA) is 121 Å². The van der Waals surface area contributed by atoms with E-state index in [1.54, 1.807) is 0 Å². The van der Waals surface area contributed by atoms with Crippen molar-refractivity contribution in [3.8, 4) is 5.88 Å². The third-order valence-electron chi connectivity index (χ3n) is 6.05. The molecule has 2 aromatic rings. The number of hydrogen-bond donors (Lipinski definition) is 2. The van der Waals surface area contributed by atoms with Crippen molar-refractivity contribution in [1.29, 1.82) is 0 Å². The van der Waals surface area contributed by atoms with E-state index in [0.717, 1.165) is 18.5 Å². The molecule has 2 fully saturated rings. The molecule has 3 atom stereocenters. The van der Waals surface area contributed by atoms with Crippen LogP contribution in [-0.4, -0.2) is 59.9 Å². The van der Waals surface area contributed by atoms with Crippen LogP contribution in [0.3, 0.4) is 0 Å². The number of nitrogens with zero attached hydrogens (tertiary/aromatic N) is 3. The van der Waals surface area contributed by atoms with Crippen LogP contribution in [0.1, 0.15) is 22.5 Å². The van der Waals surface area contributed by atoms with Crippen LogP contribution in [0.2, 0.25) is 0 Å². The van der Waals surface area contributed by atoms with Crippen molar-refractivity contribution in [2.45, 2.75) is 23.6 Å². The summed E-state index contributed by atoms with van der Waals surface area (Å²) in [6.07, 6.45) is 2.01. The van der Waals surface area contributed by atoms with E-state index in [2.05, 4.69) is 20.3 Å². The molecule has 0 radical (unpaired) electrons. The van der Waals surface area contributed by atoms with E-state index in [4.69, 9.17) is 19.9 Å². The summed E-state index contributed by atoms with van der Waals surface area (Å²) >= 11 is 0. The molecule has 34 heavy (non-hydrogen) atoms. The highest BCUT2D eigenvalue weighted by Gasteiger charge is 2.62. The smallest absolute Gasteiger partial charge is 0.283 e. The molecule has 0 bridgehead atoms. The minimum atomic E-state index is -2.71. The van der Waals surface area contributed by atoms with Crippen molar-refractivity contribution in [3.05, 3.63) is 47.7 Å². The lowest BCUT2D eigenvalue weighted by Gasteiger charge is -2.38. The zero-order valence-electron chi connectivity index (χ0n) is 17.6. The summed E-state index contributed by atoms with van der Waals surface area (Å²) in [5.41, 5.74) is 1.61. The Kier molecular flexibility index (Phi) is 5.11. The fraction of sp³-hybridized carbons (Fsp3) is 0.429. The molecular weight excluding hydrogens is 462 g/mol. The molecule has 2 aliphatic heterocycles. The highest BCUT2D eigenvalue weighted by Crippen LogP contribution is 2.49. The normalized spacial score (nSPS) is 28.9. The molecule has 180 valence electrons. The minimum Gasteiger partial charge on any atom is -0.476 e. The molecule has 1 saturated carbocycles. The van der Waals surface area contributed by atoms with Crippen LogP contribution in [-0.2, 0) is 15.0 Å². The summed E-state index contributed by atoms with van der Waals surface area (Å²) in [6, 6.07) is 3.31. The number of carbonyl (C=O) groups excluding carboxylic acids is 1. The number of amides is 1. The summed E-state index contributed by atoms with van der Waals surface area (Å²) in [7, 11) is 0. The van der Waals surface area contributed by atoms with Crippen LogP contribution in [0.4, 0.5) is 23.2 Å². The number of amidine groups is 1. The predicted octanol–water partition coefficient (Wildman–Crippen LogP) is 2.18. The standard InChI is InChI=1S/C21H19F4N5O4/c22-14-2-1-12(3-13(14)20-10-32-8-19(20,23)9-34-18(26)30-20)29-17(31)15-5-28-16(6-27-15)33-7-11-4-21(11,24)25/h1-3,5-6,11H,4,7-10H2,(H2,26,30)(H,29,31). The van der Waals surface area contributed by atoms with Crippen LogP contribution in [0.5, 0.6) is 5.88 Å². The molecule has 1 aromatic heterocycles. The van der Waals surface area contributed by atoms with Gasteiger partial charge in [0.25, 0.3) is 17.9 Å². The molecule has 1 aromatic carbocycles. The van der Waals surface area contributed by atoms with Gasteiger partial charge >= 0.3 is 0 Å². The fourth-order valence-electron chi connectivity index (χ4n) is 3.95. The minimum absolute atomic E-state index is 0.00194. The largest absolute Gasteiger partial charge is 0.476 e. The summed E-state index contributed by atoms with van der Waals surface area (Å²) in [6.45, 7) is -1.28. The van der Waals surface area contributed by atoms with E-state index in [1.165, 1.54) is 12.1 Å². The van der Waals surface area contributed by atoms with E-state index < -0.39 is 41.4 Å². The van der Waals surface area contributed by atoms with Gasteiger partial charge in [-0.05, 0) is 18.2 Å². The SMILES string of the molecule is NC1=NC2(c3cc(NC(=O)c4cnc(OCC5CC5(F)F)cn4)ccc3F)COCC2(F)CO1. The third-order valence-corrected chi connectivity index (χ3v) is 6.05. The molecule has 3 aliphatic rings. The number of halogens is 4. The van der Waals surface area contributed by atoms with Gasteiger partial charge in [-0.25, -0.2) is 32.5 Å². The Balaban J connectivity index is 1.32. The maximum absolute atomic E-state index is 15.6. The van der Waals surface area contributed by atoms with Gasteiger partial charge in [-0.1, -0.05) is 0 Å². The summed E-state index contributed by atoms with van der Waals surface area (Å²) in [5.74, 6) is -5.01. The van der Waals surface area contributed by atoms with E-state index in [1.807, 2.05) is 0 Å². The molecule has 1 aliphatic carbocycles. The Hall–Kier alpha value is -3.48. The summed E-state index contributed by atoms with van der Waals surface area (Å²) < 4.78 is 71.6. The van der Waals surface area contributed by atoms with Crippen molar-refractivity contribution in [2.75, 3.05) is 31.7 Å². The maximum Gasteiger partial charge on any atom is 0.283 e. The molecule has 13 heteroatoms. The second-order valence-electron chi connectivity index (χ2n) is 8.42. The van der Waals surface area contributed by atoms with Gasteiger partial charge < -0.3 is 25.3 Å². The lowest BCUT2D eigenvalue weighted by Crippen LogP contribution is -2.55. The average molecular weight is 481 g/mol. The number of fused-ring (bicyclic) bond motifs is 1. The van der Waals surface area contributed by atoms with Gasteiger partial charge in [-0.15, -0.1) is 0 Å². The van der Waals surface area contributed by atoms with Gasteiger partial charge in [0.05, 0.1) is 38.1 Å². The molecule has 3 unspecified atom stereocenters. The van der Waals surface area contributed by atoms with Gasteiger partial charge in [0.1, 0.15) is 18.1 Å². The van der Waals surface area contributed by atoms with Crippen LogP contribution < -0.4 is 15.8 Å². The number of carbonyl (C=O) groups is 1. The van der Waals surface area contributed by atoms with Crippen LogP contribution >= 0.6 is 0 Å². The number of nitrogens with two attached hydrogens (primary N) is 1. The Labute approximate surface area is 190 Å². The number of alkyl halides is 3. The molecule has 1 saturated heterocycles. The van der Waals surface area contributed by atoms with Crippen molar-refractivity contribution >= 4 is 17.6 Å². The zero-order valence-corrected chi connectivity index (χ0v) is 17.6. The number of aromatic nitrogens is 2. The van der Waals surface area contributed by atoms with E-state index in [9.17, 15) is 18.0 Å². The first kappa shape index (κ1) is 22.3. The number of nitrogens with one attached hydrogen (secondary N) is 1. The molecular formula is C21H19F4N5O4. The Morgan fingerprint density at radius 1 is 1.21 bits per heavy atom. The fourth-order valence-corrected chi connectivity index (χ4v) is 3.95. The van der Waals surface area contributed by atoms with Crippen molar-refractivity contribution in [1.82, 2.24) is 9.97 Å². The van der Waals surface area contributed by atoms with Gasteiger partial charge in [0, 0.05) is 17.7 Å². The van der Waals surface area contributed by atoms with E-state index in [0.29, 0.717) is 0 Å². The number of anilines is 1. The Morgan fingerprint density at radius 2 is 2.00 bits per heavy atom. The zero-order chi connectivity index (χ0) is 24.1. The molecule has 9 nitrogen and oxygen atoms in total. The third kappa shape index (κ3) is 3.79. The molecule has 0 spiro atoms. The Bertz CT molecular complexity index is 1160. The lowest BCUT2D eigenvalue weighted by atomic mass is 9.78. The first-order chi connectivity index (χ1) is 16.1. The maximum atomic E-state index is 15.6. The number of ether oxygens (including phenoxy) is 3. The van der Waals surface area contributed by atoms with Crippen LogP contribution in [0.25, 0.3) is 0 Å². The highest BCUT2D eigenvalue weighted by atomic mass is 19.3. The van der Waals surface area contributed by atoms with Gasteiger partial charge in [-0.3, -0.25) is 4.79 Å². The summed E-state index contributed by atoms with van der Waals surface area (Å²) in [4.78, 5) is 24.4. The summed E-state index contributed by atoms with van der Waals surface area (Å²) in [5, 5.41) is 2.53. The Morgan fingerprint density at radius 3 is 2.71 bits per heavy atom. The molecule has 1 amide bonds. The van der Waals surface area contributed by atoms with Crippen molar-refractivity contribution in [3.63, 3.8) is 0 Å². The van der Waals surface area contributed by atoms with Gasteiger partial charge in [0.2, 0.25) is 5.88 Å². The quantitative estimate of drug-likeness (QED) is 0.607. The molecule has 3 heterocycles. The average Bonchev–Trinajstić information content (AvgIpc) is 3.27. The van der Waals surface area contributed by atoms with E-state index >= 15 is 4.39 Å². The van der Waals surface area contributed by atoms with Crippen LogP contribution in [0, 0.1) is 11.7 Å². The highest BCUT2D eigenvalue weighted by molar-refractivity contribution is 6.02.